The van der Waals surface area contributed by atoms with Crippen LogP contribution in [0.1, 0.15) is 19.5 Å². The number of aliphatic imine (C=N–C) groups is 1. The monoisotopic (exact) mass is 245 g/mol. The normalized spacial score (nSPS) is 20.2. The van der Waals surface area contributed by atoms with Crippen LogP contribution in [0.5, 0.6) is 0 Å². The van der Waals surface area contributed by atoms with Gasteiger partial charge in [0.2, 0.25) is 0 Å². The summed E-state index contributed by atoms with van der Waals surface area (Å²) in [5, 5.41) is 1.13. The van der Waals surface area contributed by atoms with Gasteiger partial charge in [0.15, 0.2) is 0 Å². The summed E-state index contributed by atoms with van der Waals surface area (Å²) >= 11 is 1.84. The van der Waals surface area contributed by atoms with Crippen molar-refractivity contribution in [2.45, 2.75) is 19.9 Å². The highest BCUT2D eigenvalue weighted by Crippen LogP contribution is 2.27. The number of fused-ring (bicyclic) bond motifs is 1. The lowest BCUT2D eigenvalue weighted by molar-refractivity contribution is 0.543. The molecule has 0 saturated carbocycles. The van der Waals surface area contributed by atoms with Gasteiger partial charge in [-0.2, -0.15) is 0 Å². The number of aromatic nitrogens is 2. The minimum atomic E-state index is 0.453. The zero-order chi connectivity index (χ0) is 11.8. The molecule has 0 saturated heterocycles. The van der Waals surface area contributed by atoms with E-state index in [2.05, 4.69) is 29.9 Å². The molecule has 3 rings (SSSR count). The van der Waals surface area contributed by atoms with Gasteiger partial charge < -0.3 is 4.98 Å². The molecule has 1 aliphatic rings. The quantitative estimate of drug-likeness (QED) is 0.883. The molecule has 0 bridgehead atoms. The highest BCUT2D eigenvalue weighted by atomic mass is 32.2. The second kappa shape index (κ2) is 4.18. The van der Waals surface area contributed by atoms with Gasteiger partial charge in [0, 0.05) is 11.9 Å². The summed E-state index contributed by atoms with van der Waals surface area (Å²) in [4.78, 5) is 12.5. The van der Waals surface area contributed by atoms with Crippen LogP contribution in [0.4, 0.5) is 0 Å². The van der Waals surface area contributed by atoms with Crippen LogP contribution in [-0.2, 0) is 0 Å². The second-order valence-corrected chi connectivity index (χ2v) is 5.68. The standard InChI is InChI=1S/C13H15N3S/c1-8(2)12-7-17-13(16-12)11-6-10-9(15-11)4-3-5-14-10/h3-6,8,12,15H,7H2,1-2H3. The molecular weight excluding hydrogens is 230 g/mol. The fraction of sp³-hybridized carbons (Fsp3) is 0.385. The fourth-order valence-corrected chi connectivity index (χ4v) is 3.21. The maximum absolute atomic E-state index is 4.77. The average molecular weight is 245 g/mol. The van der Waals surface area contributed by atoms with Gasteiger partial charge >= 0.3 is 0 Å². The van der Waals surface area contributed by atoms with Crippen molar-refractivity contribution in [3.05, 3.63) is 30.1 Å². The SMILES string of the molecule is CC(C)C1CSC(c2cc3ncccc3[nH]2)=N1. The van der Waals surface area contributed by atoms with Crippen molar-refractivity contribution in [2.24, 2.45) is 10.9 Å². The maximum Gasteiger partial charge on any atom is 0.114 e. The van der Waals surface area contributed by atoms with E-state index in [0.717, 1.165) is 27.5 Å². The number of hydrogen-bond donors (Lipinski definition) is 1. The number of thioether (sulfide) groups is 1. The van der Waals surface area contributed by atoms with Gasteiger partial charge in [-0.15, -0.1) is 11.8 Å². The van der Waals surface area contributed by atoms with Crippen LogP contribution in [-0.4, -0.2) is 26.8 Å². The van der Waals surface area contributed by atoms with Gasteiger partial charge in [-0.05, 0) is 24.1 Å². The minimum absolute atomic E-state index is 0.453. The Bertz CT molecular complexity index is 538. The predicted octanol–water partition coefficient (Wildman–Crippen LogP) is 3.08. The highest BCUT2D eigenvalue weighted by Gasteiger charge is 2.22. The summed E-state index contributed by atoms with van der Waals surface area (Å²) in [5.74, 6) is 1.71. The molecule has 2 aromatic rings. The molecule has 0 fully saturated rings. The van der Waals surface area contributed by atoms with Crippen molar-refractivity contribution in [1.82, 2.24) is 9.97 Å². The third-order valence-corrected chi connectivity index (χ3v) is 4.17. The summed E-state index contributed by atoms with van der Waals surface area (Å²) in [5.41, 5.74) is 3.20. The first-order chi connectivity index (χ1) is 8.24. The topological polar surface area (TPSA) is 41.0 Å². The number of rotatable bonds is 2. The summed E-state index contributed by atoms with van der Waals surface area (Å²) in [6, 6.07) is 6.54. The van der Waals surface area contributed by atoms with E-state index >= 15 is 0 Å². The first kappa shape index (κ1) is 10.8. The minimum Gasteiger partial charge on any atom is -0.352 e. The van der Waals surface area contributed by atoms with Crippen LogP contribution in [0, 0.1) is 5.92 Å². The molecule has 0 aromatic carbocycles. The molecular formula is C13H15N3S. The van der Waals surface area contributed by atoms with Crippen LogP contribution in [0.3, 0.4) is 0 Å². The largest absolute Gasteiger partial charge is 0.352 e. The van der Waals surface area contributed by atoms with Crippen LogP contribution in [0.25, 0.3) is 11.0 Å². The van der Waals surface area contributed by atoms with Crippen LogP contribution < -0.4 is 0 Å². The molecule has 4 heteroatoms. The van der Waals surface area contributed by atoms with Gasteiger partial charge in [0.05, 0.1) is 22.8 Å². The van der Waals surface area contributed by atoms with E-state index in [-0.39, 0.29) is 0 Å². The Morgan fingerprint density at radius 2 is 2.35 bits per heavy atom. The Kier molecular flexibility index (Phi) is 2.67. The Balaban J connectivity index is 1.97. The highest BCUT2D eigenvalue weighted by molar-refractivity contribution is 8.14. The van der Waals surface area contributed by atoms with Crippen LogP contribution in [0.2, 0.25) is 0 Å². The molecule has 0 spiro atoms. The molecule has 17 heavy (non-hydrogen) atoms. The van der Waals surface area contributed by atoms with Crippen molar-refractivity contribution in [1.29, 1.82) is 0 Å². The fourth-order valence-electron chi connectivity index (χ4n) is 1.95. The number of H-pyrrole nitrogens is 1. The number of nitrogens with zero attached hydrogens (tertiary/aromatic N) is 2. The molecule has 88 valence electrons. The molecule has 1 atom stereocenters. The smallest absolute Gasteiger partial charge is 0.114 e. The molecule has 0 radical (unpaired) electrons. The van der Waals surface area contributed by atoms with Crippen molar-refractivity contribution >= 4 is 27.8 Å². The molecule has 3 heterocycles. The van der Waals surface area contributed by atoms with Crippen molar-refractivity contribution in [2.75, 3.05) is 5.75 Å². The Morgan fingerprint density at radius 1 is 1.47 bits per heavy atom. The third kappa shape index (κ3) is 1.97. The first-order valence-electron chi connectivity index (χ1n) is 5.89. The van der Waals surface area contributed by atoms with Crippen molar-refractivity contribution < 1.29 is 0 Å². The predicted molar refractivity (Wildman–Crippen MR) is 73.7 cm³/mol. The van der Waals surface area contributed by atoms with E-state index in [1.54, 1.807) is 0 Å². The first-order valence-corrected chi connectivity index (χ1v) is 6.87. The summed E-state index contributed by atoms with van der Waals surface area (Å²) in [7, 11) is 0. The number of hydrogen-bond acceptors (Lipinski definition) is 3. The molecule has 1 unspecified atom stereocenters. The number of aromatic amines is 1. The number of nitrogens with one attached hydrogen (secondary N) is 1. The van der Waals surface area contributed by atoms with E-state index in [0.29, 0.717) is 12.0 Å². The third-order valence-electron chi connectivity index (χ3n) is 3.06. The summed E-state index contributed by atoms with van der Waals surface area (Å²) in [6.45, 7) is 4.45. The molecule has 1 N–H and O–H groups in total. The lowest BCUT2D eigenvalue weighted by atomic mass is 10.1. The molecule has 1 aliphatic heterocycles. The van der Waals surface area contributed by atoms with E-state index in [1.165, 1.54) is 0 Å². The van der Waals surface area contributed by atoms with Crippen molar-refractivity contribution in [3.8, 4) is 0 Å². The van der Waals surface area contributed by atoms with E-state index in [4.69, 9.17) is 4.99 Å². The van der Waals surface area contributed by atoms with E-state index in [1.807, 2.05) is 30.1 Å². The Morgan fingerprint density at radius 3 is 3.06 bits per heavy atom. The van der Waals surface area contributed by atoms with E-state index in [9.17, 15) is 0 Å². The lowest BCUT2D eigenvalue weighted by Gasteiger charge is -2.07. The Hall–Kier alpha value is -1.29. The van der Waals surface area contributed by atoms with Crippen LogP contribution >= 0.6 is 11.8 Å². The molecule has 2 aromatic heterocycles. The number of pyridine rings is 1. The average Bonchev–Trinajstić information content (AvgIpc) is 2.95. The van der Waals surface area contributed by atoms with Crippen LogP contribution in [0.15, 0.2) is 29.4 Å². The summed E-state index contributed by atoms with van der Waals surface area (Å²) in [6.07, 6.45) is 1.82. The van der Waals surface area contributed by atoms with E-state index < -0.39 is 0 Å². The second-order valence-electron chi connectivity index (χ2n) is 4.68. The van der Waals surface area contributed by atoms with Gasteiger partial charge in [-0.3, -0.25) is 9.98 Å². The summed E-state index contributed by atoms with van der Waals surface area (Å²) < 4.78 is 0. The van der Waals surface area contributed by atoms with Gasteiger partial charge in [-0.1, -0.05) is 13.8 Å². The van der Waals surface area contributed by atoms with Gasteiger partial charge in [-0.25, -0.2) is 0 Å². The molecule has 0 amide bonds. The zero-order valence-corrected chi connectivity index (χ0v) is 10.8. The Labute approximate surface area is 105 Å². The maximum atomic E-state index is 4.77. The lowest BCUT2D eigenvalue weighted by Crippen LogP contribution is -2.11. The van der Waals surface area contributed by atoms with Gasteiger partial charge in [0.25, 0.3) is 0 Å². The molecule has 3 nitrogen and oxygen atoms in total. The molecule has 0 aliphatic carbocycles. The zero-order valence-electron chi connectivity index (χ0n) is 9.97. The van der Waals surface area contributed by atoms with Crippen molar-refractivity contribution in [3.63, 3.8) is 0 Å². The van der Waals surface area contributed by atoms with Gasteiger partial charge in [0.1, 0.15) is 5.04 Å².